The summed E-state index contributed by atoms with van der Waals surface area (Å²) in [7, 11) is 0. The Kier molecular flexibility index (Phi) is 5.29. The molecule has 5 nitrogen and oxygen atoms in total. The third-order valence-electron chi connectivity index (χ3n) is 2.57. The minimum Gasteiger partial charge on any atom is -0.484 e. The molecule has 108 valence electrons. The lowest BCUT2D eigenvalue weighted by Gasteiger charge is -2.06. The molecule has 0 fully saturated rings. The zero-order chi connectivity index (χ0) is 15.1. The van der Waals surface area contributed by atoms with Crippen molar-refractivity contribution in [2.24, 2.45) is 5.10 Å². The number of rotatable bonds is 5. The van der Waals surface area contributed by atoms with Gasteiger partial charge in [0.1, 0.15) is 5.75 Å². The van der Waals surface area contributed by atoms with Gasteiger partial charge in [-0.1, -0.05) is 17.7 Å². The lowest BCUT2D eigenvalue weighted by atomic mass is 10.2. The third kappa shape index (κ3) is 4.89. The van der Waals surface area contributed by atoms with Gasteiger partial charge in [0.25, 0.3) is 5.91 Å². The first kappa shape index (κ1) is 15.0. The molecule has 1 heterocycles. The van der Waals surface area contributed by atoms with Gasteiger partial charge in [0.05, 0.1) is 11.9 Å². The second-order valence-electron chi connectivity index (χ2n) is 4.25. The largest absolute Gasteiger partial charge is 0.484 e. The molecule has 0 radical (unpaired) electrons. The van der Waals surface area contributed by atoms with Crippen molar-refractivity contribution in [2.75, 3.05) is 6.61 Å². The Morgan fingerprint density at radius 1 is 1.43 bits per heavy atom. The molecule has 0 aliphatic rings. The molecule has 0 atom stereocenters. The monoisotopic (exact) mass is 303 g/mol. The second-order valence-corrected chi connectivity index (χ2v) is 4.65. The van der Waals surface area contributed by atoms with Crippen molar-refractivity contribution in [3.8, 4) is 5.75 Å². The molecule has 1 aromatic heterocycles. The first-order chi connectivity index (χ1) is 10.1. The van der Waals surface area contributed by atoms with Gasteiger partial charge in [0.2, 0.25) is 0 Å². The van der Waals surface area contributed by atoms with E-state index < -0.39 is 0 Å². The SMILES string of the molecule is Cc1cc(OCC(=O)N/N=C\c2ccccn2)ccc1Cl. The van der Waals surface area contributed by atoms with Gasteiger partial charge in [-0.05, 0) is 42.8 Å². The number of amides is 1. The van der Waals surface area contributed by atoms with Crippen molar-refractivity contribution >= 4 is 23.7 Å². The minimum absolute atomic E-state index is 0.124. The highest BCUT2D eigenvalue weighted by Gasteiger charge is 2.03. The quantitative estimate of drug-likeness (QED) is 0.682. The fraction of sp³-hybridized carbons (Fsp3) is 0.133. The zero-order valence-corrected chi connectivity index (χ0v) is 12.2. The molecule has 0 bridgehead atoms. The Morgan fingerprint density at radius 3 is 3.00 bits per heavy atom. The number of nitrogens with one attached hydrogen (secondary N) is 1. The number of hydrogen-bond donors (Lipinski definition) is 1. The fourth-order valence-electron chi connectivity index (χ4n) is 1.51. The molecular weight excluding hydrogens is 290 g/mol. The van der Waals surface area contributed by atoms with E-state index in [1.807, 2.05) is 13.0 Å². The van der Waals surface area contributed by atoms with Crippen LogP contribution in [0.1, 0.15) is 11.3 Å². The molecule has 0 spiro atoms. The zero-order valence-electron chi connectivity index (χ0n) is 11.4. The van der Waals surface area contributed by atoms with Crippen LogP contribution in [-0.4, -0.2) is 23.7 Å². The summed E-state index contributed by atoms with van der Waals surface area (Å²) in [6.07, 6.45) is 3.11. The molecule has 1 N–H and O–H groups in total. The van der Waals surface area contributed by atoms with E-state index in [4.69, 9.17) is 16.3 Å². The number of nitrogens with zero attached hydrogens (tertiary/aromatic N) is 2. The molecule has 0 aliphatic heterocycles. The van der Waals surface area contributed by atoms with Crippen molar-refractivity contribution in [1.29, 1.82) is 0 Å². The van der Waals surface area contributed by atoms with Gasteiger partial charge >= 0.3 is 0 Å². The number of carbonyl (C=O) groups excluding carboxylic acids is 1. The van der Waals surface area contributed by atoms with E-state index in [1.165, 1.54) is 6.21 Å². The van der Waals surface area contributed by atoms with Crippen LogP contribution in [0.15, 0.2) is 47.7 Å². The van der Waals surface area contributed by atoms with Gasteiger partial charge < -0.3 is 4.74 Å². The summed E-state index contributed by atoms with van der Waals surface area (Å²) in [6, 6.07) is 10.6. The Morgan fingerprint density at radius 2 is 2.29 bits per heavy atom. The van der Waals surface area contributed by atoms with Gasteiger partial charge in [-0.25, -0.2) is 5.43 Å². The van der Waals surface area contributed by atoms with E-state index in [0.29, 0.717) is 16.5 Å². The highest BCUT2D eigenvalue weighted by molar-refractivity contribution is 6.31. The third-order valence-corrected chi connectivity index (χ3v) is 3.00. The summed E-state index contributed by atoms with van der Waals surface area (Å²) in [5, 5.41) is 4.46. The maximum Gasteiger partial charge on any atom is 0.277 e. The van der Waals surface area contributed by atoms with Gasteiger partial charge in [0.15, 0.2) is 6.61 Å². The first-order valence-corrected chi connectivity index (χ1v) is 6.65. The van der Waals surface area contributed by atoms with E-state index in [9.17, 15) is 4.79 Å². The van der Waals surface area contributed by atoms with Crippen LogP contribution in [0.2, 0.25) is 5.02 Å². The number of hydrazone groups is 1. The lowest BCUT2D eigenvalue weighted by molar-refractivity contribution is -0.123. The van der Waals surface area contributed by atoms with Crippen LogP contribution in [0.25, 0.3) is 0 Å². The van der Waals surface area contributed by atoms with E-state index in [2.05, 4.69) is 15.5 Å². The van der Waals surface area contributed by atoms with Crippen LogP contribution < -0.4 is 10.2 Å². The molecule has 0 saturated heterocycles. The number of carbonyl (C=O) groups is 1. The second kappa shape index (κ2) is 7.40. The highest BCUT2D eigenvalue weighted by atomic mass is 35.5. The summed E-state index contributed by atoms with van der Waals surface area (Å²) in [4.78, 5) is 15.6. The smallest absolute Gasteiger partial charge is 0.277 e. The number of benzene rings is 1. The van der Waals surface area contributed by atoms with Gasteiger partial charge in [-0.2, -0.15) is 5.10 Å². The molecule has 2 rings (SSSR count). The molecule has 0 aliphatic carbocycles. The number of hydrogen-bond acceptors (Lipinski definition) is 4. The van der Waals surface area contributed by atoms with E-state index in [1.54, 1.807) is 36.5 Å². The number of aryl methyl sites for hydroxylation is 1. The standard InChI is InChI=1S/C15H14ClN3O2/c1-11-8-13(5-6-14(11)16)21-10-15(20)19-18-9-12-4-2-3-7-17-12/h2-9H,10H2,1H3,(H,19,20)/b18-9-. The van der Waals surface area contributed by atoms with Crippen LogP contribution in [0.3, 0.4) is 0 Å². The number of aromatic nitrogens is 1. The summed E-state index contributed by atoms with van der Waals surface area (Å²) in [6.45, 7) is 1.74. The van der Waals surface area contributed by atoms with E-state index >= 15 is 0 Å². The van der Waals surface area contributed by atoms with Crippen LogP contribution in [0, 0.1) is 6.92 Å². The Balaban J connectivity index is 1.79. The van der Waals surface area contributed by atoms with E-state index in [-0.39, 0.29) is 12.5 Å². The average Bonchev–Trinajstić information content (AvgIpc) is 2.49. The molecule has 0 unspecified atom stereocenters. The summed E-state index contributed by atoms with van der Waals surface area (Å²) in [5.41, 5.74) is 3.92. The molecule has 21 heavy (non-hydrogen) atoms. The predicted octanol–water partition coefficient (Wildman–Crippen LogP) is 2.57. The van der Waals surface area contributed by atoms with Crippen LogP contribution in [0.5, 0.6) is 5.75 Å². The topological polar surface area (TPSA) is 63.6 Å². The highest BCUT2D eigenvalue weighted by Crippen LogP contribution is 2.20. The van der Waals surface area contributed by atoms with E-state index in [0.717, 1.165) is 5.56 Å². The molecule has 1 aromatic carbocycles. The molecule has 0 saturated carbocycles. The van der Waals surface area contributed by atoms with Gasteiger partial charge in [0, 0.05) is 11.2 Å². The van der Waals surface area contributed by atoms with Crippen molar-refractivity contribution in [3.63, 3.8) is 0 Å². The first-order valence-electron chi connectivity index (χ1n) is 6.27. The van der Waals surface area contributed by atoms with Crippen LogP contribution in [0.4, 0.5) is 0 Å². The van der Waals surface area contributed by atoms with Crippen molar-refractivity contribution in [2.45, 2.75) is 6.92 Å². The number of pyridine rings is 1. The lowest BCUT2D eigenvalue weighted by Crippen LogP contribution is -2.24. The van der Waals surface area contributed by atoms with Gasteiger partial charge in [-0.3, -0.25) is 9.78 Å². The molecule has 2 aromatic rings. The predicted molar refractivity (Wildman–Crippen MR) is 81.7 cm³/mol. The maximum atomic E-state index is 11.6. The van der Waals surface area contributed by atoms with Crippen molar-refractivity contribution in [3.05, 3.63) is 58.9 Å². The van der Waals surface area contributed by atoms with Gasteiger partial charge in [-0.15, -0.1) is 0 Å². The molecule has 6 heteroatoms. The number of halogens is 1. The Labute approximate surface area is 127 Å². The Bertz CT molecular complexity index is 645. The van der Waals surface area contributed by atoms with Crippen molar-refractivity contribution < 1.29 is 9.53 Å². The van der Waals surface area contributed by atoms with Crippen molar-refractivity contribution in [1.82, 2.24) is 10.4 Å². The summed E-state index contributed by atoms with van der Waals surface area (Å²) in [5.74, 6) is 0.232. The normalized spacial score (nSPS) is 10.6. The Hall–Kier alpha value is -2.40. The number of ether oxygens (including phenoxy) is 1. The molecular formula is C15H14ClN3O2. The fourth-order valence-corrected chi connectivity index (χ4v) is 1.63. The minimum atomic E-state index is -0.352. The molecule has 1 amide bonds. The van der Waals surface area contributed by atoms with Crippen LogP contribution in [-0.2, 0) is 4.79 Å². The summed E-state index contributed by atoms with van der Waals surface area (Å²) >= 11 is 5.91. The summed E-state index contributed by atoms with van der Waals surface area (Å²) < 4.78 is 5.35. The van der Waals surface area contributed by atoms with Crippen LogP contribution >= 0.6 is 11.6 Å². The maximum absolute atomic E-state index is 11.6. The average molecular weight is 304 g/mol.